The summed E-state index contributed by atoms with van der Waals surface area (Å²) in [5, 5.41) is 2.63. The van der Waals surface area contributed by atoms with Gasteiger partial charge in [0.05, 0.1) is 18.1 Å². The zero-order valence-electron chi connectivity index (χ0n) is 17.5. The molecule has 4 rings (SSSR count). The molecule has 1 aliphatic heterocycles. The summed E-state index contributed by atoms with van der Waals surface area (Å²) >= 11 is 0. The van der Waals surface area contributed by atoms with E-state index in [1.54, 1.807) is 25.1 Å². The van der Waals surface area contributed by atoms with E-state index in [0.717, 1.165) is 5.56 Å². The first-order valence-corrected chi connectivity index (χ1v) is 11.6. The van der Waals surface area contributed by atoms with Crippen LogP contribution >= 0.6 is 0 Å². The lowest BCUT2D eigenvalue weighted by Crippen LogP contribution is -2.40. The van der Waals surface area contributed by atoms with E-state index in [0.29, 0.717) is 30.2 Å². The van der Waals surface area contributed by atoms with Crippen molar-refractivity contribution in [1.82, 2.24) is 9.29 Å². The molecule has 32 heavy (non-hydrogen) atoms. The van der Waals surface area contributed by atoms with Gasteiger partial charge in [0.2, 0.25) is 10.0 Å². The Kier molecular flexibility index (Phi) is 6.22. The van der Waals surface area contributed by atoms with Crippen LogP contribution in [-0.4, -0.2) is 49.9 Å². The van der Waals surface area contributed by atoms with Gasteiger partial charge in [0.15, 0.2) is 0 Å². The van der Waals surface area contributed by atoms with Crippen LogP contribution in [0.3, 0.4) is 0 Å². The van der Waals surface area contributed by atoms with Crippen LogP contribution in [0.1, 0.15) is 15.9 Å². The van der Waals surface area contributed by atoms with Gasteiger partial charge in [0, 0.05) is 24.5 Å². The number of aryl methyl sites for hydroxylation is 1. The lowest BCUT2D eigenvalue weighted by Gasteiger charge is -2.26. The summed E-state index contributed by atoms with van der Waals surface area (Å²) in [7, 11) is -3.73. The van der Waals surface area contributed by atoms with Crippen molar-refractivity contribution in [2.75, 3.05) is 31.6 Å². The maximum atomic E-state index is 13.0. The number of hydrogen-bond acceptors (Lipinski definition) is 5. The molecular weight excluding hydrogens is 430 g/mol. The summed E-state index contributed by atoms with van der Waals surface area (Å²) in [4.78, 5) is 28.1. The molecular formula is C23H23N3O5S. The van der Waals surface area contributed by atoms with Gasteiger partial charge < -0.3 is 15.0 Å². The molecule has 2 heterocycles. The Morgan fingerprint density at radius 3 is 2.44 bits per heavy atom. The fourth-order valence-electron chi connectivity index (χ4n) is 3.52. The quantitative estimate of drug-likeness (QED) is 0.617. The first-order chi connectivity index (χ1) is 15.4. The zero-order valence-corrected chi connectivity index (χ0v) is 18.3. The molecule has 1 saturated heterocycles. The average Bonchev–Trinajstić information content (AvgIpc) is 2.81. The number of nitrogens with one attached hydrogen (secondary N) is 2. The van der Waals surface area contributed by atoms with Crippen molar-refractivity contribution in [3.8, 4) is 11.3 Å². The van der Waals surface area contributed by atoms with Crippen LogP contribution in [0.5, 0.6) is 0 Å². The SMILES string of the molecule is Cc1ccc(NC(=O)c2ccc(-c3ccccc3)[nH]c2=O)cc1S(=O)(=O)N1CCOCC1. The van der Waals surface area contributed by atoms with Gasteiger partial charge in [0.1, 0.15) is 5.56 Å². The first-order valence-electron chi connectivity index (χ1n) is 10.1. The van der Waals surface area contributed by atoms with Crippen molar-refractivity contribution in [1.29, 1.82) is 0 Å². The van der Waals surface area contributed by atoms with E-state index < -0.39 is 21.5 Å². The molecule has 0 bridgehead atoms. The molecule has 3 aromatic rings. The van der Waals surface area contributed by atoms with Crippen molar-refractivity contribution >= 4 is 21.6 Å². The highest BCUT2D eigenvalue weighted by atomic mass is 32.2. The summed E-state index contributed by atoms with van der Waals surface area (Å²) in [6, 6.07) is 17.1. The monoisotopic (exact) mass is 453 g/mol. The smallest absolute Gasteiger partial charge is 0.261 e. The number of carbonyl (C=O) groups excluding carboxylic acids is 1. The Labute approximate surface area is 185 Å². The fourth-order valence-corrected chi connectivity index (χ4v) is 5.18. The lowest BCUT2D eigenvalue weighted by atomic mass is 10.1. The second kappa shape index (κ2) is 9.07. The third-order valence-corrected chi connectivity index (χ3v) is 7.31. The number of H-pyrrole nitrogens is 1. The molecule has 2 N–H and O–H groups in total. The molecule has 0 unspecified atom stereocenters. The van der Waals surface area contributed by atoms with Crippen molar-refractivity contribution in [3.63, 3.8) is 0 Å². The summed E-state index contributed by atoms with van der Waals surface area (Å²) in [6.45, 7) is 2.95. The third-order valence-electron chi connectivity index (χ3n) is 5.27. The van der Waals surface area contributed by atoms with Crippen molar-refractivity contribution in [2.45, 2.75) is 11.8 Å². The van der Waals surface area contributed by atoms with Crippen molar-refractivity contribution in [3.05, 3.63) is 82.1 Å². The number of sulfonamides is 1. The van der Waals surface area contributed by atoms with Crippen LogP contribution in [0.25, 0.3) is 11.3 Å². The zero-order chi connectivity index (χ0) is 22.7. The van der Waals surface area contributed by atoms with Gasteiger partial charge in [-0.15, -0.1) is 0 Å². The number of rotatable bonds is 5. The van der Waals surface area contributed by atoms with Crippen LogP contribution in [0.15, 0.2) is 70.4 Å². The third kappa shape index (κ3) is 4.50. The Balaban J connectivity index is 1.58. The molecule has 0 aliphatic carbocycles. The van der Waals surface area contributed by atoms with Crippen molar-refractivity contribution < 1.29 is 17.9 Å². The van der Waals surface area contributed by atoms with Gasteiger partial charge in [-0.3, -0.25) is 9.59 Å². The molecule has 0 atom stereocenters. The van der Waals surface area contributed by atoms with E-state index in [4.69, 9.17) is 4.74 Å². The van der Waals surface area contributed by atoms with Gasteiger partial charge in [-0.05, 0) is 42.3 Å². The minimum Gasteiger partial charge on any atom is -0.379 e. The molecule has 0 radical (unpaired) electrons. The van der Waals surface area contributed by atoms with E-state index in [9.17, 15) is 18.0 Å². The minimum absolute atomic E-state index is 0.0668. The standard InChI is InChI=1S/C23H23N3O5S/c1-16-7-8-18(15-21(16)32(29,30)26-11-13-31-14-12-26)24-22(27)19-9-10-20(25-23(19)28)17-5-3-2-4-6-17/h2-10,15H,11-14H2,1H3,(H,24,27)(H,25,28). The predicted octanol–water partition coefficient (Wildman–Crippen LogP) is 2.62. The maximum absolute atomic E-state index is 13.0. The minimum atomic E-state index is -3.73. The Morgan fingerprint density at radius 2 is 1.75 bits per heavy atom. The van der Waals surface area contributed by atoms with Crippen LogP contribution in [0, 0.1) is 6.92 Å². The second-order valence-corrected chi connectivity index (χ2v) is 9.34. The van der Waals surface area contributed by atoms with E-state index in [1.807, 2.05) is 30.3 Å². The molecule has 1 amide bonds. The maximum Gasteiger partial charge on any atom is 0.261 e. The molecule has 9 heteroatoms. The van der Waals surface area contributed by atoms with Crippen LogP contribution < -0.4 is 10.9 Å². The van der Waals surface area contributed by atoms with Crippen LogP contribution in [0.2, 0.25) is 0 Å². The topological polar surface area (TPSA) is 109 Å². The summed E-state index contributed by atoms with van der Waals surface area (Å²) in [6.07, 6.45) is 0. The number of morpholine rings is 1. The largest absolute Gasteiger partial charge is 0.379 e. The lowest BCUT2D eigenvalue weighted by molar-refractivity contribution is 0.0730. The number of hydrogen-bond donors (Lipinski definition) is 2. The summed E-state index contributed by atoms with van der Waals surface area (Å²) in [5.74, 6) is -0.621. The molecule has 2 aromatic carbocycles. The van der Waals surface area contributed by atoms with Gasteiger partial charge in [-0.1, -0.05) is 36.4 Å². The Hall–Kier alpha value is -3.27. The number of anilines is 1. The molecule has 1 fully saturated rings. The average molecular weight is 454 g/mol. The van der Waals surface area contributed by atoms with E-state index >= 15 is 0 Å². The van der Waals surface area contributed by atoms with Gasteiger partial charge >= 0.3 is 0 Å². The Bertz CT molecular complexity index is 1300. The van der Waals surface area contributed by atoms with E-state index in [-0.39, 0.29) is 23.5 Å². The molecule has 1 aromatic heterocycles. The highest BCUT2D eigenvalue weighted by Crippen LogP contribution is 2.25. The number of aromatic nitrogens is 1. The molecule has 8 nitrogen and oxygen atoms in total. The number of ether oxygens (including phenoxy) is 1. The van der Waals surface area contributed by atoms with E-state index in [1.165, 1.54) is 16.4 Å². The predicted molar refractivity (Wildman–Crippen MR) is 121 cm³/mol. The van der Waals surface area contributed by atoms with Gasteiger partial charge in [-0.25, -0.2) is 8.42 Å². The molecule has 166 valence electrons. The summed E-state index contributed by atoms with van der Waals surface area (Å²) in [5.41, 5.74) is 1.69. The molecule has 0 saturated carbocycles. The Morgan fingerprint density at radius 1 is 1.03 bits per heavy atom. The highest BCUT2D eigenvalue weighted by Gasteiger charge is 2.28. The van der Waals surface area contributed by atoms with E-state index in [2.05, 4.69) is 10.3 Å². The van der Waals surface area contributed by atoms with Crippen LogP contribution in [0.4, 0.5) is 5.69 Å². The fraction of sp³-hybridized carbons (Fsp3) is 0.217. The number of amides is 1. The van der Waals surface area contributed by atoms with Crippen molar-refractivity contribution in [2.24, 2.45) is 0 Å². The molecule has 0 spiro atoms. The normalized spacial score (nSPS) is 14.8. The number of aromatic amines is 1. The first kappa shape index (κ1) is 21.9. The second-order valence-electron chi connectivity index (χ2n) is 7.43. The van der Waals surface area contributed by atoms with Crippen LogP contribution in [-0.2, 0) is 14.8 Å². The number of carbonyl (C=O) groups is 1. The summed E-state index contributed by atoms with van der Waals surface area (Å²) < 4.78 is 32.7. The van der Waals surface area contributed by atoms with Gasteiger partial charge in [-0.2, -0.15) is 4.31 Å². The number of pyridine rings is 1. The number of nitrogens with zero attached hydrogens (tertiary/aromatic N) is 1. The highest BCUT2D eigenvalue weighted by molar-refractivity contribution is 7.89. The number of benzene rings is 2. The van der Waals surface area contributed by atoms with Gasteiger partial charge in [0.25, 0.3) is 11.5 Å². The molecule has 1 aliphatic rings.